The molecule has 2 rings (SSSR count). The molecule has 4 heteroatoms. The number of benzene rings is 1. The molecule has 0 radical (unpaired) electrons. The van der Waals surface area contributed by atoms with Gasteiger partial charge in [0.2, 0.25) is 11.7 Å². The standard InChI is InChI=1S/C11H10N2O2/c1-7-9(10(12)14)15-11(13-7)8-5-3-2-4-6-8/h2-6H,1H3,(H2,12,14). The molecule has 0 fully saturated rings. The Bertz CT molecular complexity index is 489. The summed E-state index contributed by atoms with van der Waals surface area (Å²) in [6.07, 6.45) is 0. The van der Waals surface area contributed by atoms with Gasteiger partial charge < -0.3 is 10.2 Å². The summed E-state index contributed by atoms with van der Waals surface area (Å²) in [4.78, 5) is 15.1. The van der Waals surface area contributed by atoms with Gasteiger partial charge in [0.1, 0.15) is 0 Å². The molecule has 1 aromatic carbocycles. The van der Waals surface area contributed by atoms with E-state index < -0.39 is 5.91 Å². The van der Waals surface area contributed by atoms with Crippen molar-refractivity contribution in [2.45, 2.75) is 6.92 Å². The summed E-state index contributed by atoms with van der Waals surface area (Å²) in [5, 5.41) is 0. The molecule has 0 atom stereocenters. The number of amides is 1. The highest BCUT2D eigenvalue weighted by Crippen LogP contribution is 2.20. The predicted octanol–water partition coefficient (Wildman–Crippen LogP) is 1.75. The Balaban J connectivity index is 2.48. The molecule has 0 saturated heterocycles. The normalized spacial score (nSPS) is 10.2. The largest absolute Gasteiger partial charge is 0.431 e. The van der Waals surface area contributed by atoms with E-state index in [2.05, 4.69) is 4.98 Å². The predicted molar refractivity (Wildman–Crippen MR) is 55.2 cm³/mol. The van der Waals surface area contributed by atoms with Gasteiger partial charge in [0.25, 0.3) is 5.91 Å². The van der Waals surface area contributed by atoms with Crippen molar-refractivity contribution < 1.29 is 9.21 Å². The Labute approximate surface area is 86.7 Å². The molecule has 0 aliphatic rings. The van der Waals surface area contributed by atoms with E-state index in [0.717, 1.165) is 5.56 Å². The second-order valence-electron chi connectivity index (χ2n) is 3.16. The van der Waals surface area contributed by atoms with E-state index in [9.17, 15) is 4.79 Å². The molecule has 0 aliphatic heterocycles. The smallest absolute Gasteiger partial charge is 0.286 e. The van der Waals surface area contributed by atoms with Gasteiger partial charge in [0.05, 0.1) is 5.69 Å². The summed E-state index contributed by atoms with van der Waals surface area (Å²) in [5.74, 6) is -0.0575. The Hall–Kier alpha value is -2.10. The van der Waals surface area contributed by atoms with Crippen LogP contribution in [0.25, 0.3) is 11.5 Å². The minimum Gasteiger partial charge on any atom is -0.431 e. The van der Waals surface area contributed by atoms with Gasteiger partial charge in [0.15, 0.2) is 0 Å². The van der Waals surface area contributed by atoms with Crippen LogP contribution in [0.15, 0.2) is 34.7 Å². The van der Waals surface area contributed by atoms with Crippen molar-refractivity contribution >= 4 is 5.91 Å². The molecule has 15 heavy (non-hydrogen) atoms. The Kier molecular flexibility index (Phi) is 2.25. The van der Waals surface area contributed by atoms with Crippen molar-refractivity contribution in [1.82, 2.24) is 4.98 Å². The van der Waals surface area contributed by atoms with Gasteiger partial charge in [-0.25, -0.2) is 4.98 Å². The quantitative estimate of drug-likeness (QED) is 0.806. The van der Waals surface area contributed by atoms with E-state index in [4.69, 9.17) is 10.2 Å². The van der Waals surface area contributed by atoms with Crippen molar-refractivity contribution in [3.63, 3.8) is 0 Å². The minimum atomic E-state index is -0.595. The Morgan fingerprint density at radius 1 is 1.33 bits per heavy atom. The number of nitrogens with zero attached hydrogens (tertiary/aromatic N) is 1. The summed E-state index contributed by atoms with van der Waals surface area (Å²) in [5.41, 5.74) is 6.48. The Morgan fingerprint density at radius 3 is 2.53 bits per heavy atom. The average molecular weight is 202 g/mol. The molecule has 0 spiro atoms. The van der Waals surface area contributed by atoms with Gasteiger partial charge in [-0.05, 0) is 19.1 Å². The first-order valence-electron chi connectivity index (χ1n) is 4.51. The summed E-state index contributed by atoms with van der Waals surface area (Å²) in [6, 6.07) is 9.36. The number of hydrogen-bond donors (Lipinski definition) is 1. The number of primary amides is 1. The molecule has 1 aromatic heterocycles. The topological polar surface area (TPSA) is 69.1 Å². The molecule has 1 amide bonds. The molecule has 4 nitrogen and oxygen atoms in total. The van der Waals surface area contributed by atoms with Gasteiger partial charge in [-0.15, -0.1) is 0 Å². The van der Waals surface area contributed by atoms with Gasteiger partial charge in [-0.3, -0.25) is 4.79 Å². The van der Waals surface area contributed by atoms with Gasteiger partial charge in [0, 0.05) is 5.56 Å². The van der Waals surface area contributed by atoms with Crippen molar-refractivity contribution in [3.05, 3.63) is 41.8 Å². The van der Waals surface area contributed by atoms with Gasteiger partial charge in [-0.1, -0.05) is 18.2 Å². The van der Waals surface area contributed by atoms with Crippen molar-refractivity contribution in [2.75, 3.05) is 0 Å². The van der Waals surface area contributed by atoms with Crippen LogP contribution in [0.4, 0.5) is 0 Å². The number of rotatable bonds is 2. The second kappa shape index (κ2) is 3.57. The molecule has 1 heterocycles. The molecule has 0 aliphatic carbocycles. The van der Waals surface area contributed by atoms with Gasteiger partial charge >= 0.3 is 0 Å². The maximum atomic E-state index is 11.0. The number of carbonyl (C=O) groups excluding carboxylic acids is 1. The fourth-order valence-corrected chi connectivity index (χ4v) is 1.33. The highest BCUT2D eigenvalue weighted by molar-refractivity contribution is 5.91. The van der Waals surface area contributed by atoms with E-state index in [1.54, 1.807) is 6.92 Å². The minimum absolute atomic E-state index is 0.119. The number of hydrogen-bond acceptors (Lipinski definition) is 3. The van der Waals surface area contributed by atoms with Crippen LogP contribution in [0.2, 0.25) is 0 Å². The summed E-state index contributed by atoms with van der Waals surface area (Å²) in [6.45, 7) is 1.69. The SMILES string of the molecule is Cc1nc(-c2ccccc2)oc1C(N)=O. The van der Waals surface area contributed by atoms with E-state index >= 15 is 0 Å². The number of oxazole rings is 1. The van der Waals surface area contributed by atoms with E-state index in [0.29, 0.717) is 11.6 Å². The molecular formula is C11H10N2O2. The number of nitrogens with two attached hydrogens (primary N) is 1. The first kappa shape index (κ1) is 9.45. The molecular weight excluding hydrogens is 192 g/mol. The molecule has 2 N–H and O–H groups in total. The third-order valence-electron chi connectivity index (χ3n) is 2.04. The van der Waals surface area contributed by atoms with Crippen LogP contribution in [0.5, 0.6) is 0 Å². The van der Waals surface area contributed by atoms with Crippen LogP contribution in [0.1, 0.15) is 16.2 Å². The lowest BCUT2D eigenvalue weighted by molar-refractivity contribution is 0.0974. The summed E-state index contributed by atoms with van der Waals surface area (Å²) >= 11 is 0. The van der Waals surface area contributed by atoms with Crippen LogP contribution >= 0.6 is 0 Å². The van der Waals surface area contributed by atoms with Crippen LogP contribution in [0, 0.1) is 6.92 Å². The van der Waals surface area contributed by atoms with Crippen LogP contribution in [0.3, 0.4) is 0 Å². The first-order valence-corrected chi connectivity index (χ1v) is 4.51. The van der Waals surface area contributed by atoms with Crippen molar-refractivity contribution in [3.8, 4) is 11.5 Å². The number of aryl methyl sites for hydroxylation is 1. The number of carbonyl (C=O) groups is 1. The zero-order chi connectivity index (χ0) is 10.8. The zero-order valence-corrected chi connectivity index (χ0v) is 8.23. The fourth-order valence-electron chi connectivity index (χ4n) is 1.33. The molecule has 0 unspecified atom stereocenters. The molecule has 2 aromatic rings. The van der Waals surface area contributed by atoms with E-state index in [-0.39, 0.29) is 5.76 Å². The highest BCUT2D eigenvalue weighted by atomic mass is 16.4. The van der Waals surface area contributed by atoms with E-state index in [1.807, 2.05) is 30.3 Å². The molecule has 0 saturated carbocycles. The maximum Gasteiger partial charge on any atom is 0.286 e. The number of aromatic nitrogens is 1. The lowest BCUT2D eigenvalue weighted by atomic mass is 10.2. The summed E-state index contributed by atoms with van der Waals surface area (Å²) < 4.78 is 5.28. The first-order chi connectivity index (χ1) is 7.18. The monoisotopic (exact) mass is 202 g/mol. The van der Waals surface area contributed by atoms with Gasteiger partial charge in [-0.2, -0.15) is 0 Å². The van der Waals surface area contributed by atoms with E-state index in [1.165, 1.54) is 0 Å². The lowest BCUT2D eigenvalue weighted by Gasteiger charge is -1.92. The zero-order valence-electron chi connectivity index (χ0n) is 8.23. The third-order valence-corrected chi connectivity index (χ3v) is 2.04. The van der Waals surface area contributed by atoms with Crippen LogP contribution in [-0.4, -0.2) is 10.9 Å². The second-order valence-corrected chi connectivity index (χ2v) is 3.16. The molecule has 76 valence electrons. The summed E-state index contributed by atoms with van der Waals surface area (Å²) in [7, 11) is 0. The van der Waals surface area contributed by atoms with Crippen molar-refractivity contribution in [1.29, 1.82) is 0 Å². The Morgan fingerprint density at radius 2 is 2.00 bits per heavy atom. The fraction of sp³-hybridized carbons (Fsp3) is 0.0909. The maximum absolute atomic E-state index is 11.0. The average Bonchev–Trinajstić information content (AvgIpc) is 2.62. The van der Waals surface area contributed by atoms with Crippen molar-refractivity contribution in [2.24, 2.45) is 5.73 Å². The molecule has 0 bridgehead atoms. The third kappa shape index (κ3) is 1.74. The van der Waals surface area contributed by atoms with Crippen LogP contribution in [-0.2, 0) is 0 Å². The van der Waals surface area contributed by atoms with Crippen LogP contribution < -0.4 is 5.73 Å². The highest BCUT2D eigenvalue weighted by Gasteiger charge is 2.14. The lowest BCUT2D eigenvalue weighted by Crippen LogP contribution is -2.10.